The normalized spacial score (nSPS) is 21.2. The van der Waals surface area contributed by atoms with Crippen molar-refractivity contribution in [3.05, 3.63) is 141 Å². The molecular weight excluding hydrogens is 587 g/mol. The largest absolute Gasteiger partial charge is 0.399 e. The highest BCUT2D eigenvalue weighted by Crippen LogP contribution is 2.60. The SMILES string of the molecule is N#C[C@@]1(S(=O)(=O)c2ccccc2)C(N)=C(S(=O)(=O)c2ccccc2)[C@H](c2ccc(Cl)cc2)[C@H]1c1ccc(Cl)cc1. The molecule has 0 fully saturated rings. The lowest BCUT2D eigenvalue weighted by molar-refractivity contribution is 0.527. The molecule has 0 unspecified atom stereocenters. The molecular formula is C30H22Cl2N2O4S2. The van der Waals surface area contributed by atoms with Crippen molar-refractivity contribution in [1.82, 2.24) is 0 Å². The predicted molar refractivity (Wildman–Crippen MR) is 155 cm³/mol. The molecule has 0 spiro atoms. The topological polar surface area (TPSA) is 118 Å². The maximum atomic E-state index is 14.5. The van der Waals surface area contributed by atoms with Crippen molar-refractivity contribution >= 4 is 42.9 Å². The molecule has 1 aliphatic rings. The summed E-state index contributed by atoms with van der Waals surface area (Å²) < 4.78 is 55.1. The molecule has 0 amide bonds. The Morgan fingerprint density at radius 1 is 0.675 bits per heavy atom. The van der Waals surface area contributed by atoms with Crippen molar-refractivity contribution in [3.63, 3.8) is 0 Å². The zero-order valence-corrected chi connectivity index (χ0v) is 23.9. The fourth-order valence-electron chi connectivity index (χ4n) is 5.34. The Hall–Kier alpha value is -3.61. The minimum Gasteiger partial charge on any atom is -0.399 e. The first-order chi connectivity index (χ1) is 19.1. The predicted octanol–water partition coefficient (Wildman–Crippen LogP) is 6.25. The van der Waals surface area contributed by atoms with Gasteiger partial charge in [0, 0.05) is 21.9 Å². The number of halogens is 2. The summed E-state index contributed by atoms with van der Waals surface area (Å²) in [5, 5.41) is 11.6. The summed E-state index contributed by atoms with van der Waals surface area (Å²) in [5.74, 6) is -2.41. The third-order valence-corrected chi connectivity index (χ3v) is 11.9. The fourth-order valence-corrected chi connectivity index (χ4v) is 9.50. The van der Waals surface area contributed by atoms with E-state index in [2.05, 4.69) is 0 Å². The summed E-state index contributed by atoms with van der Waals surface area (Å²) in [6.07, 6.45) is 0. The Balaban J connectivity index is 1.94. The van der Waals surface area contributed by atoms with Gasteiger partial charge in [-0.25, -0.2) is 16.8 Å². The Labute approximate surface area is 243 Å². The maximum Gasteiger partial charge on any atom is 0.210 e. The number of hydrogen-bond donors (Lipinski definition) is 1. The number of sulfone groups is 2. The van der Waals surface area contributed by atoms with Crippen molar-refractivity contribution in [2.24, 2.45) is 5.73 Å². The van der Waals surface area contributed by atoms with Crippen LogP contribution in [0.4, 0.5) is 0 Å². The van der Waals surface area contributed by atoms with Crippen LogP contribution >= 0.6 is 23.2 Å². The van der Waals surface area contributed by atoms with Gasteiger partial charge in [0.25, 0.3) is 0 Å². The summed E-state index contributed by atoms with van der Waals surface area (Å²) >= 11 is 12.3. The van der Waals surface area contributed by atoms with Gasteiger partial charge in [-0.2, -0.15) is 5.26 Å². The zero-order valence-electron chi connectivity index (χ0n) is 20.8. The van der Waals surface area contributed by atoms with Crippen LogP contribution in [0.15, 0.2) is 130 Å². The lowest BCUT2D eigenvalue weighted by Crippen LogP contribution is -2.45. The van der Waals surface area contributed by atoms with Crippen LogP contribution in [-0.2, 0) is 19.7 Å². The van der Waals surface area contributed by atoms with Gasteiger partial charge in [0.15, 0.2) is 0 Å². The molecule has 6 nitrogen and oxygen atoms in total. The molecule has 0 radical (unpaired) electrons. The summed E-state index contributed by atoms with van der Waals surface area (Å²) in [4.78, 5) is -0.582. The molecule has 1 aliphatic carbocycles. The van der Waals surface area contributed by atoms with E-state index in [9.17, 15) is 22.1 Å². The Kier molecular flexibility index (Phi) is 7.28. The van der Waals surface area contributed by atoms with Gasteiger partial charge >= 0.3 is 0 Å². The quantitative estimate of drug-likeness (QED) is 0.276. The van der Waals surface area contributed by atoms with Gasteiger partial charge in [0.2, 0.25) is 24.4 Å². The van der Waals surface area contributed by atoms with Crippen molar-refractivity contribution in [1.29, 1.82) is 5.26 Å². The van der Waals surface area contributed by atoms with Crippen LogP contribution in [0.3, 0.4) is 0 Å². The van der Waals surface area contributed by atoms with Crippen LogP contribution in [0.5, 0.6) is 0 Å². The number of benzene rings is 4. The van der Waals surface area contributed by atoms with Gasteiger partial charge in [0.1, 0.15) is 0 Å². The third kappa shape index (κ3) is 4.30. The molecule has 0 saturated carbocycles. The summed E-state index contributed by atoms with van der Waals surface area (Å²) in [6.45, 7) is 0. The lowest BCUT2D eigenvalue weighted by atomic mass is 9.78. The van der Waals surface area contributed by atoms with E-state index < -0.39 is 42.0 Å². The molecule has 3 atom stereocenters. The van der Waals surface area contributed by atoms with Crippen LogP contribution in [0.1, 0.15) is 23.0 Å². The fraction of sp³-hybridized carbons (Fsp3) is 0.100. The summed E-state index contributed by atoms with van der Waals surface area (Å²) in [7, 11) is -8.99. The lowest BCUT2D eigenvalue weighted by Gasteiger charge is -2.33. The van der Waals surface area contributed by atoms with E-state index in [0.717, 1.165) is 0 Å². The molecule has 4 aromatic carbocycles. The first-order valence-electron chi connectivity index (χ1n) is 12.1. The monoisotopic (exact) mass is 608 g/mol. The molecule has 10 heteroatoms. The standard InChI is InChI=1S/C30H22Cl2N2O4S2/c31-22-15-11-20(12-16-22)26-27(21-13-17-23(32)18-14-21)30(19-33,40(37,38)25-9-5-2-6-10-25)29(34)28(26)39(35,36)24-7-3-1-4-8-24/h1-18,26-27H,34H2/t26-,27-,30+/m1/s1. The van der Waals surface area contributed by atoms with Gasteiger partial charge in [0.05, 0.1) is 26.5 Å². The summed E-state index contributed by atoms with van der Waals surface area (Å²) in [6, 6.07) is 29.7. The molecule has 0 aromatic heterocycles. The van der Waals surface area contributed by atoms with E-state index in [1.807, 2.05) is 6.07 Å². The number of nitrogens with two attached hydrogens (primary N) is 1. The highest BCUT2D eigenvalue weighted by molar-refractivity contribution is 7.96. The van der Waals surface area contributed by atoms with E-state index in [1.54, 1.807) is 72.8 Å². The van der Waals surface area contributed by atoms with Gasteiger partial charge < -0.3 is 5.73 Å². The van der Waals surface area contributed by atoms with Crippen molar-refractivity contribution in [2.75, 3.05) is 0 Å². The second kappa shape index (κ2) is 10.4. The number of hydrogen-bond acceptors (Lipinski definition) is 6. The molecule has 4 aromatic rings. The highest BCUT2D eigenvalue weighted by Gasteiger charge is 2.65. The maximum absolute atomic E-state index is 14.5. The first kappa shape index (κ1) is 27.9. The molecule has 0 saturated heterocycles. The zero-order chi connectivity index (χ0) is 28.7. The number of rotatable bonds is 6. The molecule has 0 heterocycles. The average molecular weight is 610 g/mol. The Morgan fingerprint density at radius 2 is 1.12 bits per heavy atom. The van der Waals surface area contributed by atoms with Gasteiger partial charge in [-0.3, -0.25) is 0 Å². The van der Waals surface area contributed by atoms with Crippen molar-refractivity contribution in [3.8, 4) is 6.07 Å². The van der Waals surface area contributed by atoms with Gasteiger partial charge in [-0.15, -0.1) is 0 Å². The molecule has 0 aliphatic heterocycles. The van der Waals surface area contributed by atoms with E-state index in [1.165, 1.54) is 36.4 Å². The molecule has 5 rings (SSSR count). The Morgan fingerprint density at radius 3 is 1.60 bits per heavy atom. The smallest absolute Gasteiger partial charge is 0.210 e. The van der Waals surface area contributed by atoms with Crippen molar-refractivity contribution < 1.29 is 16.8 Å². The number of nitriles is 1. The minimum absolute atomic E-state index is 0.0763. The molecule has 2 N–H and O–H groups in total. The van der Waals surface area contributed by atoms with E-state index in [-0.39, 0.29) is 14.7 Å². The second-order valence-corrected chi connectivity index (χ2v) is 14.2. The van der Waals surface area contributed by atoms with Crippen LogP contribution in [0.2, 0.25) is 10.0 Å². The van der Waals surface area contributed by atoms with Crippen LogP contribution in [0.25, 0.3) is 0 Å². The number of nitrogens with zero attached hydrogens (tertiary/aromatic N) is 1. The highest BCUT2D eigenvalue weighted by atomic mass is 35.5. The molecule has 40 heavy (non-hydrogen) atoms. The minimum atomic E-state index is -4.60. The molecule has 0 bridgehead atoms. The van der Waals surface area contributed by atoms with Gasteiger partial charge in [-0.1, -0.05) is 83.9 Å². The second-order valence-electron chi connectivity index (χ2n) is 9.32. The first-order valence-corrected chi connectivity index (χ1v) is 15.8. The average Bonchev–Trinajstić information content (AvgIpc) is 3.25. The Bertz CT molecular complexity index is 1850. The van der Waals surface area contributed by atoms with Crippen molar-refractivity contribution in [2.45, 2.75) is 26.4 Å². The van der Waals surface area contributed by atoms with E-state index in [4.69, 9.17) is 28.9 Å². The third-order valence-electron chi connectivity index (χ3n) is 7.16. The van der Waals surface area contributed by atoms with E-state index in [0.29, 0.717) is 21.2 Å². The van der Waals surface area contributed by atoms with Crippen LogP contribution in [0, 0.1) is 11.3 Å². The van der Waals surface area contributed by atoms with E-state index >= 15 is 0 Å². The van der Waals surface area contributed by atoms with Crippen LogP contribution < -0.4 is 5.73 Å². The summed E-state index contributed by atoms with van der Waals surface area (Å²) in [5.41, 5.74) is 6.95. The van der Waals surface area contributed by atoms with Gasteiger partial charge in [-0.05, 0) is 59.7 Å². The van der Waals surface area contributed by atoms with Crippen LogP contribution in [-0.4, -0.2) is 21.6 Å². The number of allylic oxidation sites excluding steroid dienone is 1. The molecule has 202 valence electrons.